The Balaban J connectivity index is 1.74. The summed E-state index contributed by atoms with van der Waals surface area (Å²) in [6, 6.07) is 1.46. The van der Waals surface area contributed by atoms with E-state index < -0.39 is 0 Å². The van der Waals surface area contributed by atoms with Gasteiger partial charge in [-0.3, -0.25) is 0 Å². The number of methoxy groups -OCH3 is 1. The van der Waals surface area contributed by atoms with Crippen LogP contribution in [0.3, 0.4) is 0 Å². The maximum absolute atomic E-state index is 5.34. The van der Waals surface area contributed by atoms with E-state index in [1.165, 1.54) is 35.7 Å². The van der Waals surface area contributed by atoms with E-state index in [2.05, 4.69) is 24.1 Å². The van der Waals surface area contributed by atoms with Gasteiger partial charge in [-0.05, 0) is 31.6 Å². The summed E-state index contributed by atoms with van der Waals surface area (Å²) in [6.07, 6.45) is 5.29. The highest BCUT2D eigenvalue weighted by molar-refractivity contribution is 7.15. The highest BCUT2D eigenvalue weighted by Gasteiger charge is 2.32. The van der Waals surface area contributed by atoms with Crippen molar-refractivity contribution in [2.75, 3.05) is 18.6 Å². The van der Waals surface area contributed by atoms with Crippen LogP contribution in [0, 0.1) is 5.92 Å². The molecule has 0 amide bonds. The number of thiazole rings is 1. The Morgan fingerprint density at radius 2 is 2.10 bits per heavy atom. The Morgan fingerprint density at radius 3 is 2.67 bits per heavy atom. The van der Waals surface area contributed by atoms with Crippen LogP contribution < -0.4 is 10.2 Å². The van der Waals surface area contributed by atoms with E-state index >= 15 is 0 Å². The van der Waals surface area contributed by atoms with Crippen molar-refractivity contribution in [2.24, 2.45) is 5.92 Å². The number of hydrogen-bond donors (Lipinski definition) is 1. The summed E-state index contributed by atoms with van der Waals surface area (Å²) in [7, 11) is 1.75. The average Bonchev–Trinajstić information content (AvgIpc) is 3.33. The third kappa shape index (κ3) is 4.18. The van der Waals surface area contributed by atoms with E-state index in [1.54, 1.807) is 7.11 Å². The van der Waals surface area contributed by atoms with Crippen LogP contribution in [0.15, 0.2) is 0 Å². The van der Waals surface area contributed by atoms with Gasteiger partial charge in [-0.2, -0.15) is 0 Å². The van der Waals surface area contributed by atoms with Gasteiger partial charge in [0.15, 0.2) is 5.13 Å². The molecule has 0 atom stereocenters. The molecule has 1 heterocycles. The Hall–Kier alpha value is -0.650. The van der Waals surface area contributed by atoms with E-state index in [9.17, 15) is 0 Å². The summed E-state index contributed by atoms with van der Waals surface area (Å²) in [5, 5.41) is 4.81. The molecule has 4 nitrogen and oxygen atoms in total. The summed E-state index contributed by atoms with van der Waals surface area (Å²) < 4.78 is 5.34. The average molecular weight is 309 g/mol. The first-order valence-electron chi connectivity index (χ1n) is 8.15. The molecule has 3 rings (SSSR count). The number of nitrogens with one attached hydrogen (secondary N) is 1. The zero-order valence-electron chi connectivity index (χ0n) is 13.4. The zero-order chi connectivity index (χ0) is 14.8. The molecular weight excluding hydrogens is 282 g/mol. The van der Waals surface area contributed by atoms with Crippen molar-refractivity contribution in [1.29, 1.82) is 0 Å². The molecule has 0 saturated heterocycles. The molecule has 0 unspecified atom stereocenters. The maximum atomic E-state index is 5.34. The minimum absolute atomic E-state index is 0.623. The minimum atomic E-state index is 0.623. The van der Waals surface area contributed by atoms with Gasteiger partial charge in [-0.15, -0.1) is 11.3 Å². The third-order valence-corrected chi connectivity index (χ3v) is 5.11. The van der Waals surface area contributed by atoms with Gasteiger partial charge in [0.1, 0.15) is 0 Å². The smallest absolute Gasteiger partial charge is 0.186 e. The monoisotopic (exact) mass is 309 g/mol. The topological polar surface area (TPSA) is 37.4 Å². The SMILES string of the molecule is COCc1nc(N(CC(C)C)C2CC2)sc1CNC1CC1. The number of hydrogen-bond acceptors (Lipinski definition) is 5. The van der Waals surface area contributed by atoms with Gasteiger partial charge in [0.05, 0.1) is 12.3 Å². The molecule has 1 aromatic rings. The largest absolute Gasteiger partial charge is 0.378 e. The van der Waals surface area contributed by atoms with Crippen LogP contribution in [0.5, 0.6) is 0 Å². The molecule has 2 aliphatic carbocycles. The molecule has 1 N–H and O–H groups in total. The molecule has 0 radical (unpaired) electrons. The number of nitrogens with zero attached hydrogens (tertiary/aromatic N) is 2. The number of rotatable bonds is 9. The fraction of sp³-hybridized carbons (Fsp3) is 0.812. The summed E-state index contributed by atoms with van der Waals surface area (Å²) in [6.45, 7) is 7.25. The van der Waals surface area contributed by atoms with Crippen LogP contribution in [-0.4, -0.2) is 30.7 Å². The Labute approximate surface area is 131 Å². The van der Waals surface area contributed by atoms with Gasteiger partial charge in [-0.25, -0.2) is 4.98 Å². The maximum Gasteiger partial charge on any atom is 0.186 e. The predicted molar refractivity (Wildman–Crippen MR) is 87.9 cm³/mol. The highest BCUT2D eigenvalue weighted by atomic mass is 32.1. The standard InChI is InChI=1S/C16H27N3OS/c1-11(2)9-19(13-6-7-13)16-18-14(10-20-3)15(21-16)8-17-12-4-5-12/h11-13,17H,4-10H2,1-3H3. The molecule has 0 aliphatic heterocycles. The predicted octanol–water partition coefficient (Wildman–Crippen LogP) is 3.17. The molecule has 0 bridgehead atoms. The molecule has 118 valence electrons. The number of aromatic nitrogens is 1. The van der Waals surface area contributed by atoms with Crippen LogP contribution in [0.1, 0.15) is 50.1 Å². The van der Waals surface area contributed by atoms with E-state index in [4.69, 9.17) is 9.72 Å². The van der Waals surface area contributed by atoms with Crippen LogP contribution in [0.4, 0.5) is 5.13 Å². The first kappa shape index (κ1) is 15.3. The summed E-state index contributed by atoms with van der Waals surface area (Å²) in [5.74, 6) is 0.674. The molecule has 5 heteroatoms. The second-order valence-electron chi connectivity index (χ2n) is 6.73. The molecule has 2 aliphatic rings. The van der Waals surface area contributed by atoms with Crippen LogP contribution >= 0.6 is 11.3 Å². The Kier molecular flexibility index (Phi) is 4.82. The fourth-order valence-electron chi connectivity index (χ4n) is 2.57. The van der Waals surface area contributed by atoms with Gasteiger partial charge < -0.3 is 15.0 Å². The lowest BCUT2D eigenvalue weighted by Gasteiger charge is -2.23. The second kappa shape index (κ2) is 6.63. The van der Waals surface area contributed by atoms with E-state index in [-0.39, 0.29) is 0 Å². The van der Waals surface area contributed by atoms with Gasteiger partial charge >= 0.3 is 0 Å². The van der Waals surface area contributed by atoms with Crippen molar-refractivity contribution in [3.63, 3.8) is 0 Å². The van der Waals surface area contributed by atoms with E-state index in [0.29, 0.717) is 12.5 Å². The lowest BCUT2D eigenvalue weighted by molar-refractivity contribution is 0.181. The van der Waals surface area contributed by atoms with E-state index in [0.717, 1.165) is 30.9 Å². The van der Waals surface area contributed by atoms with Crippen molar-refractivity contribution < 1.29 is 4.74 Å². The lowest BCUT2D eigenvalue weighted by Crippen LogP contribution is -2.29. The molecule has 2 fully saturated rings. The highest BCUT2D eigenvalue weighted by Crippen LogP contribution is 2.36. The van der Waals surface area contributed by atoms with Crippen molar-refractivity contribution in [3.8, 4) is 0 Å². The van der Waals surface area contributed by atoms with Crippen molar-refractivity contribution in [3.05, 3.63) is 10.6 Å². The third-order valence-electron chi connectivity index (χ3n) is 3.97. The Morgan fingerprint density at radius 1 is 1.33 bits per heavy atom. The Bertz CT molecular complexity index is 466. The summed E-state index contributed by atoms with van der Waals surface area (Å²) in [4.78, 5) is 8.77. The van der Waals surface area contributed by atoms with E-state index in [1.807, 2.05) is 11.3 Å². The van der Waals surface area contributed by atoms with Crippen molar-refractivity contribution >= 4 is 16.5 Å². The number of ether oxygens (including phenoxy) is 1. The van der Waals surface area contributed by atoms with Crippen molar-refractivity contribution in [2.45, 2.75) is 64.8 Å². The molecule has 2 saturated carbocycles. The molecule has 1 aromatic heterocycles. The number of anilines is 1. The first-order chi connectivity index (χ1) is 10.2. The lowest BCUT2D eigenvalue weighted by atomic mass is 10.2. The first-order valence-corrected chi connectivity index (χ1v) is 8.96. The molecule has 0 aromatic carbocycles. The second-order valence-corrected chi connectivity index (χ2v) is 7.79. The van der Waals surface area contributed by atoms with Gasteiger partial charge in [0.25, 0.3) is 0 Å². The molecular formula is C16H27N3OS. The fourth-order valence-corrected chi connectivity index (χ4v) is 3.66. The normalized spacial score (nSPS) is 18.5. The van der Waals surface area contributed by atoms with Gasteiger partial charge in [0, 0.05) is 37.2 Å². The van der Waals surface area contributed by atoms with Crippen LogP contribution in [0.25, 0.3) is 0 Å². The van der Waals surface area contributed by atoms with Crippen molar-refractivity contribution in [1.82, 2.24) is 10.3 Å². The molecule has 21 heavy (non-hydrogen) atoms. The van der Waals surface area contributed by atoms with Crippen LogP contribution in [-0.2, 0) is 17.9 Å². The van der Waals surface area contributed by atoms with Gasteiger partial charge in [-0.1, -0.05) is 13.8 Å². The summed E-state index contributed by atoms with van der Waals surface area (Å²) in [5.41, 5.74) is 1.13. The zero-order valence-corrected chi connectivity index (χ0v) is 14.2. The quantitative estimate of drug-likeness (QED) is 0.760. The van der Waals surface area contributed by atoms with Crippen LogP contribution in [0.2, 0.25) is 0 Å². The minimum Gasteiger partial charge on any atom is -0.378 e. The summed E-state index contributed by atoms with van der Waals surface area (Å²) >= 11 is 1.86. The van der Waals surface area contributed by atoms with Gasteiger partial charge in [0.2, 0.25) is 0 Å². The molecule has 0 spiro atoms.